The second-order valence-electron chi connectivity index (χ2n) is 6.90. The van der Waals surface area contributed by atoms with Gasteiger partial charge in [-0.1, -0.05) is 71.4 Å². The Morgan fingerprint density at radius 1 is 0.821 bits per heavy atom. The molecule has 0 aliphatic carbocycles. The van der Waals surface area contributed by atoms with Gasteiger partial charge < -0.3 is 0 Å². The molecular formula is C23H22N4S. The monoisotopic (exact) mass is 386 g/mol. The lowest BCUT2D eigenvalue weighted by Crippen LogP contribution is -2.04. The molecule has 4 rings (SSSR count). The predicted octanol–water partition coefficient (Wildman–Crippen LogP) is 5.30. The van der Waals surface area contributed by atoms with Crippen molar-refractivity contribution in [1.29, 1.82) is 0 Å². The van der Waals surface area contributed by atoms with Crippen LogP contribution in [-0.2, 0) is 12.3 Å². The number of rotatable bonds is 6. The maximum atomic E-state index is 4.50. The molecule has 28 heavy (non-hydrogen) atoms. The highest BCUT2D eigenvalue weighted by molar-refractivity contribution is 7.98. The fraction of sp³-hybridized carbons (Fsp3) is 0.174. The summed E-state index contributed by atoms with van der Waals surface area (Å²) in [6.07, 6.45) is 3.58. The third kappa shape index (κ3) is 4.31. The summed E-state index contributed by atoms with van der Waals surface area (Å²) in [5, 5.41) is 9.92. The molecule has 0 aliphatic rings. The first kappa shape index (κ1) is 18.4. The Labute approximate surface area is 169 Å². The smallest absolute Gasteiger partial charge is 0.192 e. The molecule has 0 amide bonds. The quantitative estimate of drug-likeness (QED) is 0.422. The van der Waals surface area contributed by atoms with Gasteiger partial charge in [-0.25, -0.2) is 0 Å². The number of thioether (sulfide) groups is 1. The van der Waals surface area contributed by atoms with Gasteiger partial charge in [-0.3, -0.25) is 9.55 Å². The van der Waals surface area contributed by atoms with Crippen LogP contribution >= 0.6 is 11.8 Å². The van der Waals surface area contributed by atoms with E-state index in [9.17, 15) is 0 Å². The van der Waals surface area contributed by atoms with Crippen LogP contribution in [0.4, 0.5) is 0 Å². The van der Waals surface area contributed by atoms with Crippen LogP contribution in [-0.4, -0.2) is 19.7 Å². The van der Waals surface area contributed by atoms with Gasteiger partial charge in [0.25, 0.3) is 0 Å². The molecule has 0 aliphatic heterocycles. The van der Waals surface area contributed by atoms with Crippen molar-refractivity contribution in [2.45, 2.75) is 31.3 Å². The van der Waals surface area contributed by atoms with Gasteiger partial charge in [0.2, 0.25) is 0 Å². The standard InChI is InChI=1S/C23H22N4S/c1-17-12-18(2)14-20(13-17)16-28-23-26-25-22(21-8-10-24-11-9-21)27(23)15-19-6-4-3-5-7-19/h3-14H,15-16H2,1-2H3. The lowest BCUT2D eigenvalue weighted by molar-refractivity contribution is 0.714. The van der Waals surface area contributed by atoms with Gasteiger partial charge >= 0.3 is 0 Å². The van der Waals surface area contributed by atoms with Gasteiger partial charge in [-0.05, 0) is 37.1 Å². The molecule has 0 radical (unpaired) electrons. The molecule has 0 bridgehead atoms. The number of benzene rings is 2. The first-order valence-corrected chi connectivity index (χ1v) is 10.2. The Balaban J connectivity index is 1.65. The molecule has 4 aromatic rings. The van der Waals surface area contributed by atoms with Crippen LogP contribution in [0.5, 0.6) is 0 Å². The van der Waals surface area contributed by atoms with E-state index < -0.39 is 0 Å². The van der Waals surface area contributed by atoms with Crippen molar-refractivity contribution >= 4 is 11.8 Å². The van der Waals surface area contributed by atoms with Crippen LogP contribution in [0.3, 0.4) is 0 Å². The highest BCUT2D eigenvalue weighted by Gasteiger charge is 2.15. The summed E-state index contributed by atoms with van der Waals surface area (Å²) in [6.45, 7) is 5.02. The topological polar surface area (TPSA) is 43.6 Å². The van der Waals surface area contributed by atoms with E-state index in [1.165, 1.54) is 22.3 Å². The number of hydrogen-bond donors (Lipinski definition) is 0. The van der Waals surface area contributed by atoms with Crippen molar-refractivity contribution in [3.8, 4) is 11.4 Å². The maximum Gasteiger partial charge on any atom is 0.192 e. The van der Waals surface area contributed by atoms with E-state index in [1.54, 1.807) is 24.2 Å². The fourth-order valence-corrected chi connectivity index (χ4v) is 4.19. The first-order valence-electron chi connectivity index (χ1n) is 9.26. The second-order valence-corrected chi connectivity index (χ2v) is 7.84. The second kappa shape index (κ2) is 8.40. The summed E-state index contributed by atoms with van der Waals surface area (Å²) in [6, 6.07) is 21.1. The summed E-state index contributed by atoms with van der Waals surface area (Å²) >= 11 is 1.73. The first-order chi connectivity index (χ1) is 13.7. The Bertz CT molecular complexity index is 1040. The zero-order chi connectivity index (χ0) is 19.3. The third-order valence-corrected chi connectivity index (χ3v) is 5.53. The van der Waals surface area contributed by atoms with E-state index in [-0.39, 0.29) is 0 Å². The molecule has 2 aromatic heterocycles. The van der Waals surface area contributed by atoms with Gasteiger partial charge in [-0.15, -0.1) is 10.2 Å². The molecule has 5 heteroatoms. The summed E-state index contributed by atoms with van der Waals surface area (Å²) < 4.78 is 2.19. The van der Waals surface area contributed by atoms with Gasteiger partial charge in [-0.2, -0.15) is 0 Å². The number of nitrogens with zero attached hydrogens (tertiary/aromatic N) is 4. The summed E-state index contributed by atoms with van der Waals surface area (Å²) in [7, 11) is 0. The minimum Gasteiger partial charge on any atom is -0.298 e. The molecule has 140 valence electrons. The molecule has 2 aromatic carbocycles. The Hall–Kier alpha value is -2.92. The van der Waals surface area contributed by atoms with Crippen molar-refractivity contribution < 1.29 is 0 Å². The lowest BCUT2D eigenvalue weighted by atomic mass is 10.1. The third-order valence-electron chi connectivity index (χ3n) is 4.49. The largest absolute Gasteiger partial charge is 0.298 e. The molecule has 0 atom stereocenters. The van der Waals surface area contributed by atoms with Crippen LogP contribution in [0.15, 0.2) is 78.2 Å². The van der Waals surface area contributed by atoms with E-state index in [4.69, 9.17) is 0 Å². The van der Waals surface area contributed by atoms with Crippen molar-refractivity contribution in [3.05, 3.63) is 95.3 Å². The zero-order valence-corrected chi connectivity index (χ0v) is 16.9. The minimum atomic E-state index is 0.737. The predicted molar refractivity (Wildman–Crippen MR) is 114 cm³/mol. The molecule has 0 fully saturated rings. The molecule has 0 unspecified atom stereocenters. The van der Waals surface area contributed by atoms with Crippen LogP contribution in [0, 0.1) is 13.8 Å². The van der Waals surface area contributed by atoms with Gasteiger partial charge in [0, 0.05) is 23.7 Å². The van der Waals surface area contributed by atoms with Gasteiger partial charge in [0.1, 0.15) is 0 Å². The number of aromatic nitrogens is 4. The molecule has 4 nitrogen and oxygen atoms in total. The molecule has 0 saturated carbocycles. The van der Waals surface area contributed by atoms with E-state index in [0.29, 0.717) is 0 Å². The van der Waals surface area contributed by atoms with Crippen molar-refractivity contribution in [2.24, 2.45) is 0 Å². The van der Waals surface area contributed by atoms with Crippen LogP contribution in [0.1, 0.15) is 22.3 Å². The SMILES string of the molecule is Cc1cc(C)cc(CSc2nnc(-c3ccncc3)n2Cc2ccccc2)c1. The number of hydrogen-bond acceptors (Lipinski definition) is 4. The van der Waals surface area contributed by atoms with Crippen molar-refractivity contribution in [1.82, 2.24) is 19.7 Å². The molecule has 2 heterocycles. The Morgan fingerprint density at radius 3 is 2.25 bits per heavy atom. The Kier molecular flexibility index (Phi) is 5.53. The number of aryl methyl sites for hydroxylation is 2. The summed E-state index contributed by atoms with van der Waals surface area (Å²) in [5.41, 5.74) is 6.14. The maximum absolute atomic E-state index is 4.50. The zero-order valence-electron chi connectivity index (χ0n) is 16.0. The normalized spacial score (nSPS) is 10.9. The van der Waals surface area contributed by atoms with Gasteiger partial charge in [0.15, 0.2) is 11.0 Å². The van der Waals surface area contributed by atoms with E-state index in [1.807, 2.05) is 18.2 Å². The van der Waals surface area contributed by atoms with E-state index in [0.717, 1.165) is 28.8 Å². The lowest BCUT2D eigenvalue weighted by Gasteiger charge is -2.11. The molecule has 0 saturated heterocycles. The van der Waals surface area contributed by atoms with Gasteiger partial charge in [0.05, 0.1) is 6.54 Å². The van der Waals surface area contributed by atoms with E-state index >= 15 is 0 Å². The van der Waals surface area contributed by atoms with Crippen LogP contribution < -0.4 is 0 Å². The fourth-order valence-electron chi connectivity index (χ4n) is 3.32. The highest BCUT2D eigenvalue weighted by atomic mass is 32.2. The average molecular weight is 387 g/mol. The van der Waals surface area contributed by atoms with Crippen molar-refractivity contribution in [2.75, 3.05) is 0 Å². The summed E-state index contributed by atoms with van der Waals surface area (Å²) in [4.78, 5) is 4.12. The van der Waals surface area contributed by atoms with E-state index in [2.05, 4.69) is 76.1 Å². The molecule has 0 spiro atoms. The number of pyridine rings is 1. The Morgan fingerprint density at radius 2 is 1.54 bits per heavy atom. The molecular weight excluding hydrogens is 364 g/mol. The highest BCUT2D eigenvalue weighted by Crippen LogP contribution is 2.27. The molecule has 0 N–H and O–H groups in total. The average Bonchev–Trinajstić information content (AvgIpc) is 3.09. The summed E-state index contributed by atoms with van der Waals surface area (Å²) in [5.74, 6) is 1.74. The van der Waals surface area contributed by atoms with Crippen molar-refractivity contribution in [3.63, 3.8) is 0 Å². The van der Waals surface area contributed by atoms with Crippen LogP contribution in [0.25, 0.3) is 11.4 Å². The minimum absolute atomic E-state index is 0.737. The van der Waals surface area contributed by atoms with Crippen LogP contribution in [0.2, 0.25) is 0 Å².